The van der Waals surface area contributed by atoms with Gasteiger partial charge in [-0.15, -0.1) is 0 Å². The first-order chi connectivity index (χ1) is 5.48. The van der Waals surface area contributed by atoms with Crippen molar-refractivity contribution in [3.63, 3.8) is 0 Å². The SMILES string of the molecule is C=C(C)C(N)C(C)(CC)OCC. The number of rotatable bonds is 5. The number of hydrogen-bond acceptors (Lipinski definition) is 2. The third-order valence-corrected chi connectivity index (χ3v) is 2.36. The lowest BCUT2D eigenvalue weighted by molar-refractivity contribution is -0.0383. The highest BCUT2D eigenvalue weighted by Crippen LogP contribution is 2.22. The normalized spacial score (nSPS) is 18.4. The van der Waals surface area contributed by atoms with Crippen LogP contribution < -0.4 is 5.73 Å². The van der Waals surface area contributed by atoms with Crippen molar-refractivity contribution in [1.29, 1.82) is 0 Å². The zero-order valence-corrected chi connectivity index (χ0v) is 8.68. The molecular weight excluding hydrogens is 150 g/mol. The zero-order chi connectivity index (χ0) is 9.78. The van der Waals surface area contributed by atoms with E-state index in [4.69, 9.17) is 10.5 Å². The van der Waals surface area contributed by atoms with Crippen LogP contribution in [-0.2, 0) is 4.74 Å². The van der Waals surface area contributed by atoms with Crippen molar-refractivity contribution in [1.82, 2.24) is 0 Å². The standard InChI is InChI=1S/C10H21NO/c1-6-10(5,12-7-2)9(11)8(3)4/h9H,3,6-7,11H2,1-2,4-5H3. The fourth-order valence-electron chi connectivity index (χ4n) is 1.26. The summed E-state index contributed by atoms with van der Waals surface area (Å²) in [4.78, 5) is 0. The zero-order valence-electron chi connectivity index (χ0n) is 8.68. The molecule has 0 aliphatic carbocycles. The molecule has 2 heteroatoms. The molecule has 0 fully saturated rings. The summed E-state index contributed by atoms with van der Waals surface area (Å²) >= 11 is 0. The molecule has 0 heterocycles. The van der Waals surface area contributed by atoms with Crippen LogP contribution in [0.4, 0.5) is 0 Å². The van der Waals surface area contributed by atoms with Gasteiger partial charge in [0.1, 0.15) is 0 Å². The van der Waals surface area contributed by atoms with E-state index in [0.717, 1.165) is 12.0 Å². The Morgan fingerprint density at radius 2 is 2.08 bits per heavy atom. The maximum atomic E-state index is 5.97. The summed E-state index contributed by atoms with van der Waals surface area (Å²) in [6, 6.07) is -0.0672. The average molecular weight is 171 g/mol. The van der Waals surface area contributed by atoms with Gasteiger partial charge in [-0.05, 0) is 27.2 Å². The Labute approximate surface area is 75.8 Å². The van der Waals surface area contributed by atoms with Gasteiger partial charge in [0.15, 0.2) is 0 Å². The van der Waals surface area contributed by atoms with Crippen molar-refractivity contribution >= 4 is 0 Å². The molecule has 2 N–H and O–H groups in total. The van der Waals surface area contributed by atoms with E-state index in [9.17, 15) is 0 Å². The van der Waals surface area contributed by atoms with E-state index in [1.807, 2.05) is 20.8 Å². The van der Waals surface area contributed by atoms with Crippen molar-refractivity contribution < 1.29 is 4.74 Å². The second kappa shape index (κ2) is 4.63. The van der Waals surface area contributed by atoms with Crippen LogP contribution in [0.2, 0.25) is 0 Å². The van der Waals surface area contributed by atoms with E-state index in [2.05, 4.69) is 13.5 Å². The monoisotopic (exact) mass is 171 g/mol. The average Bonchev–Trinajstić information content (AvgIpc) is 2.03. The minimum atomic E-state index is -0.249. The summed E-state index contributed by atoms with van der Waals surface area (Å²) in [7, 11) is 0. The Morgan fingerprint density at radius 3 is 2.33 bits per heavy atom. The maximum absolute atomic E-state index is 5.97. The highest BCUT2D eigenvalue weighted by molar-refractivity contribution is 5.08. The van der Waals surface area contributed by atoms with Crippen LogP contribution >= 0.6 is 0 Å². The Hall–Kier alpha value is -0.340. The number of nitrogens with two attached hydrogens (primary N) is 1. The number of hydrogen-bond donors (Lipinski definition) is 1. The Kier molecular flexibility index (Phi) is 4.50. The van der Waals surface area contributed by atoms with Gasteiger partial charge < -0.3 is 10.5 Å². The van der Waals surface area contributed by atoms with Crippen LogP contribution in [-0.4, -0.2) is 18.2 Å². The molecule has 72 valence electrons. The summed E-state index contributed by atoms with van der Waals surface area (Å²) < 4.78 is 5.62. The fraction of sp³-hybridized carbons (Fsp3) is 0.800. The molecule has 12 heavy (non-hydrogen) atoms. The smallest absolute Gasteiger partial charge is 0.0839 e. The van der Waals surface area contributed by atoms with Crippen LogP contribution in [0.5, 0.6) is 0 Å². The predicted octanol–water partition coefficient (Wildman–Crippen LogP) is 2.10. The summed E-state index contributed by atoms with van der Waals surface area (Å²) in [6.07, 6.45) is 0.912. The van der Waals surface area contributed by atoms with Gasteiger partial charge in [0, 0.05) is 6.61 Å². The van der Waals surface area contributed by atoms with E-state index >= 15 is 0 Å². The van der Waals surface area contributed by atoms with Gasteiger partial charge in [-0.3, -0.25) is 0 Å². The molecule has 0 aliphatic rings. The first-order valence-electron chi connectivity index (χ1n) is 4.52. The Balaban J connectivity index is 4.38. The highest BCUT2D eigenvalue weighted by Gasteiger charge is 2.30. The lowest BCUT2D eigenvalue weighted by atomic mass is 9.89. The molecule has 0 aromatic heterocycles. The van der Waals surface area contributed by atoms with Gasteiger partial charge in [0.2, 0.25) is 0 Å². The molecule has 0 aromatic rings. The molecule has 2 unspecified atom stereocenters. The maximum Gasteiger partial charge on any atom is 0.0839 e. The fourth-order valence-corrected chi connectivity index (χ4v) is 1.26. The molecule has 0 aromatic carbocycles. The lowest BCUT2D eigenvalue weighted by Gasteiger charge is -2.34. The molecule has 0 saturated carbocycles. The van der Waals surface area contributed by atoms with Crippen molar-refractivity contribution in [3.8, 4) is 0 Å². The van der Waals surface area contributed by atoms with Gasteiger partial charge in [0.05, 0.1) is 11.6 Å². The van der Waals surface area contributed by atoms with E-state index in [0.29, 0.717) is 6.61 Å². The van der Waals surface area contributed by atoms with Gasteiger partial charge in [-0.25, -0.2) is 0 Å². The quantitative estimate of drug-likeness (QED) is 0.643. The molecule has 2 atom stereocenters. The third-order valence-electron chi connectivity index (χ3n) is 2.36. The Morgan fingerprint density at radius 1 is 1.58 bits per heavy atom. The molecule has 0 amide bonds. The first-order valence-corrected chi connectivity index (χ1v) is 4.52. The summed E-state index contributed by atoms with van der Waals surface area (Å²) in [5.41, 5.74) is 6.70. The van der Waals surface area contributed by atoms with E-state index in [1.54, 1.807) is 0 Å². The molecular formula is C10H21NO. The van der Waals surface area contributed by atoms with E-state index in [-0.39, 0.29) is 11.6 Å². The topological polar surface area (TPSA) is 35.2 Å². The number of ether oxygens (including phenoxy) is 1. The minimum absolute atomic E-state index is 0.0672. The van der Waals surface area contributed by atoms with Gasteiger partial charge >= 0.3 is 0 Å². The molecule has 0 radical (unpaired) electrons. The highest BCUT2D eigenvalue weighted by atomic mass is 16.5. The van der Waals surface area contributed by atoms with Gasteiger partial charge in [-0.1, -0.05) is 19.1 Å². The molecule has 0 aliphatic heterocycles. The van der Waals surface area contributed by atoms with E-state index < -0.39 is 0 Å². The van der Waals surface area contributed by atoms with Gasteiger partial charge in [0.25, 0.3) is 0 Å². The molecule has 2 nitrogen and oxygen atoms in total. The minimum Gasteiger partial charge on any atom is -0.374 e. The summed E-state index contributed by atoms with van der Waals surface area (Å²) in [6.45, 7) is 12.6. The van der Waals surface area contributed by atoms with Crippen molar-refractivity contribution in [2.75, 3.05) is 6.61 Å². The third kappa shape index (κ3) is 2.61. The molecule has 0 rings (SSSR count). The first kappa shape index (κ1) is 11.7. The van der Waals surface area contributed by atoms with Crippen molar-refractivity contribution in [2.24, 2.45) is 5.73 Å². The molecule has 0 bridgehead atoms. The summed E-state index contributed by atoms with van der Waals surface area (Å²) in [5.74, 6) is 0. The van der Waals surface area contributed by atoms with Gasteiger partial charge in [-0.2, -0.15) is 0 Å². The van der Waals surface area contributed by atoms with Crippen LogP contribution in [0.25, 0.3) is 0 Å². The second-order valence-corrected chi connectivity index (χ2v) is 3.42. The van der Waals surface area contributed by atoms with Crippen molar-refractivity contribution in [2.45, 2.75) is 45.8 Å². The molecule has 0 saturated heterocycles. The largest absolute Gasteiger partial charge is 0.374 e. The second-order valence-electron chi connectivity index (χ2n) is 3.42. The van der Waals surface area contributed by atoms with Crippen LogP contribution in [0.1, 0.15) is 34.1 Å². The van der Waals surface area contributed by atoms with Crippen LogP contribution in [0.3, 0.4) is 0 Å². The van der Waals surface area contributed by atoms with Crippen LogP contribution in [0, 0.1) is 0 Å². The van der Waals surface area contributed by atoms with E-state index in [1.165, 1.54) is 0 Å². The van der Waals surface area contributed by atoms with Crippen molar-refractivity contribution in [3.05, 3.63) is 12.2 Å². The molecule has 0 spiro atoms. The Bertz CT molecular complexity index is 156. The predicted molar refractivity (Wildman–Crippen MR) is 53.1 cm³/mol. The van der Waals surface area contributed by atoms with Crippen LogP contribution in [0.15, 0.2) is 12.2 Å². The lowest BCUT2D eigenvalue weighted by Crippen LogP contribution is -2.47. The summed E-state index contributed by atoms with van der Waals surface area (Å²) in [5, 5.41) is 0.